The second kappa shape index (κ2) is 3.32. The molecule has 0 amide bonds. The molecule has 0 radical (unpaired) electrons. The van der Waals surface area contributed by atoms with Gasteiger partial charge in [0.25, 0.3) is 0 Å². The standard InChI is InChI=1S/C8H11N/c1-2-3-4-8-5-6-9-7-8/h2,8-9H,1,5-7H2. The van der Waals surface area contributed by atoms with E-state index in [-0.39, 0.29) is 0 Å². The Morgan fingerprint density at radius 2 is 2.56 bits per heavy atom. The van der Waals surface area contributed by atoms with Gasteiger partial charge < -0.3 is 5.32 Å². The van der Waals surface area contributed by atoms with E-state index in [1.54, 1.807) is 6.08 Å². The molecule has 1 nitrogen and oxygen atoms in total. The first-order chi connectivity index (χ1) is 4.43. The minimum absolute atomic E-state index is 0.572. The fourth-order valence-electron chi connectivity index (χ4n) is 0.955. The smallest absolute Gasteiger partial charge is 0.0343 e. The van der Waals surface area contributed by atoms with E-state index >= 15 is 0 Å². The van der Waals surface area contributed by atoms with Crippen LogP contribution in [0.3, 0.4) is 0 Å². The number of hydrogen-bond acceptors (Lipinski definition) is 1. The Kier molecular flexibility index (Phi) is 2.35. The normalized spacial score (nSPS) is 24.7. The highest BCUT2D eigenvalue weighted by Crippen LogP contribution is 2.04. The van der Waals surface area contributed by atoms with Gasteiger partial charge in [0.2, 0.25) is 0 Å². The first kappa shape index (κ1) is 6.38. The van der Waals surface area contributed by atoms with Crippen molar-refractivity contribution in [2.75, 3.05) is 13.1 Å². The van der Waals surface area contributed by atoms with Crippen molar-refractivity contribution in [1.82, 2.24) is 5.32 Å². The van der Waals surface area contributed by atoms with Crippen molar-refractivity contribution in [1.29, 1.82) is 0 Å². The third kappa shape index (κ3) is 1.91. The molecule has 1 rings (SSSR count). The van der Waals surface area contributed by atoms with Crippen molar-refractivity contribution < 1.29 is 0 Å². The van der Waals surface area contributed by atoms with Crippen LogP contribution in [0.2, 0.25) is 0 Å². The van der Waals surface area contributed by atoms with Crippen LogP contribution in [0, 0.1) is 17.8 Å². The lowest BCUT2D eigenvalue weighted by molar-refractivity contribution is 0.755. The molecule has 1 heteroatoms. The van der Waals surface area contributed by atoms with Crippen molar-refractivity contribution in [3.8, 4) is 11.8 Å². The summed E-state index contributed by atoms with van der Waals surface area (Å²) in [5.74, 6) is 6.54. The van der Waals surface area contributed by atoms with Crippen LogP contribution in [-0.2, 0) is 0 Å². The quantitative estimate of drug-likeness (QED) is 0.467. The SMILES string of the molecule is C=CC#CC1CCNC1. The van der Waals surface area contributed by atoms with Crippen LogP contribution in [0.1, 0.15) is 6.42 Å². The van der Waals surface area contributed by atoms with Crippen LogP contribution < -0.4 is 5.32 Å². The second-order valence-electron chi connectivity index (χ2n) is 2.18. The summed E-state index contributed by atoms with van der Waals surface area (Å²) in [5, 5.41) is 3.24. The topological polar surface area (TPSA) is 12.0 Å². The summed E-state index contributed by atoms with van der Waals surface area (Å²) in [4.78, 5) is 0. The number of nitrogens with one attached hydrogen (secondary N) is 1. The predicted octanol–water partition coefficient (Wildman–Crippen LogP) is 0.785. The molecule has 1 aliphatic heterocycles. The van der Waals surface area contributed by atoms with Crippen molar-refractivity contribution in [2.24, 2.45) is 5.92 Å². The Labute approximate surface area is 56.1 Å². The van der Waals surface area contributed by atoms with Crippen molar-refractivity contribution in [3.05, 3.63) is 12.7 Å². The average Bonchev–Trinajstić information content (AvgIpc) is 2.34. The van der Waals surface area contributed by atoms with E-state index in [9.17, 15) is 0 Å². The Morgan fingerprint density at radius 3 is 3.11 bits per heavy atom. The molecule has 1 N–H and O–H groups in total. The monoisotopic (exact) mass is 121 g/mol. The average molecular weight is 121 g/mol. The maximum atomic E-state index is 3.53. The zero-order valence-electron chi connectivity index (χ0n) is 5.48. The van der Waals surface area contributed by atoms with Gasteiger partial charge in [-0.15, -0.1) is 0 Å². The van der Waals surface area contributed by atoms with Gasteiger partial charge in [-0.3, -0.25) is 0 Å². The van der Waals surface area contributed by atoms with E-state index < -0.39 is 0 Å². The third-order valence-electron chi connectivity index (χ3n) is 1.45. The van der Waals surface area contributed by atoms with E-state index in [2.05, 4.69) is 23.7 Å². The molecule has 1 aliphatic rings. The van der Waals surface area contributed by atoms with E-state index in [1.807, 2.05) is 0 Å². The van der Waals surface area contributed by atoms with Gasteiger partial charge in [0.05, 0.1) is 0 Å². The van der Waals surface area contributed by atoms with Gasteiger partial charge in [-0.05, 0) is 19.0 Å². The summed E-state index contributed by atoms with van der Waals surface area (Å²) < 4.78 is 0. The van der Waals surface area contributed by atoms with Gasteiger partial charge in [-0.1, -0.05) is 18.4 Å². The summed E-state index contributed by atoms with van der Waals surface area (Å²) in [6.45, 7) is 5.71. The van der Waals surface area contributed by atoms with Gasteiger partial charge in [0.1, 0.15) is 0 Å². The molecule has 48 valence electrons. The zero-order chi connectivity index (χ0) is 6.53. The van der Waals surface area contributed by atoms with Crippen LogP contribution in [0.15, 0.2) is 12.7 Å². The minimum atomic E-state index is 0.572. The van der Waals surface area contributed by atoms with Crippen LogP contribution >= 0.6 is 0 Å². The number of rotatable bonds is 0. The van der Waals surface area contributed by atoms with Crippen molar-refractivity contribution in [3.63, 3.8) is 0 Å². The lowest BCUT2D eigenvalue weighted by Crippen LogP contribution is -2.07. The number of allylic oxidation sites excluding steroid dienone is 1. The highest BCUT2D eigenvalue weighted by Gasteiger charge is 2.09. The first-order valence-electron chi connectivity index (χ1n) is 3.26. The summed E-state index contributed by atoms with van der Waals surface area (Å²) in [5.41, 5.74) is 0. The highest BCUT2D eigenvalue weighted by atomic mass is 14.9. The number of hydrogen-bond donors (Lipinski definition) is 1. The fourth-order valence-corrected chi connectivity index (χ4v) is 0.955. The molecule has 0 aromatic rings. The molecule has 1 fully saturated rings. The molecular formula is C8H11N. The van der Waals surface area contributed by atoms with Gasteiger partial charge in [-0.25, -0.2) is 0 Å². The first-order valence-corrected chi connectivity index (χ1v) is 3.26. The molecule has 0 bridgehead atoms. The molecule has 1 atom stereocenters. The molecule has 0 spiro atoms. The van der Waals surface area contributed by atoms with Crippen LogP contribution in [0.5, 0.6) is 0 Å². The summed E-state index contributed by atoms with van der Waals surface area (Å²) in [6, 6.07) is 0. The maximum Gasteiger partial charge on any atom is 0.0343 e. The summed E-state index contributed by atoms with van der Waals surface area (Å²) in [7, 11) is 0. The largest absolute Gasteiger partial charge is 0.315 e. The van der Waals surface area contributed by atoms with E-state index in [1.165, 1.54) is 6.42 Å². The van der Waals surface area contributed by atoms with Gasteiger partial charge in [0.15, 0.2) is 0 Å². The molecule has 1 heterocycles. The maximum absolute atomic E-state index is 3.53. The molecule has 0 saturated carbocycles. The van der Waals surface area contributed by atoms with Gasteiger partial charge in [-0.2, -0.15) is 0 Å². The minimum Gasteiger partial charge on any atom is -0.315 e. The Hall–Kier alpha value is -0.740. The van der Waals surface area contributed by atoms with Gasteiger partial charge >= 0.3 is 0 Å². The summed E-state index contributed by atoms with van der Waals surface area (Å²) in [6.07, 6.45) is 2.85. The van der Waals surface area contributed by atoms with E-state index in [4.69, 9.17) is 0 Å². The molecule has 9 heavy (non-hydrogen) atoms. The summed E-state index contributed by atoms with van der Waals surface area (Å²) >= 11 is 0. The predicted molar refractivity (Wildman–Crippen MR) is 38.9 cm³/mol. The van der Waals surface area contributed by atoms with E-state index in [0.29, 0.717) is 5.92 Å². The second-order valence-corrected chi connectivity index (χ2v) is 2.18. The van der Waals surface area contributed by atoms with Crippen molar-refractivity contribution in [2.45, 2.75) is 6.42 Å². The van der Waals surface area contributed by atoms with E-state index in [0.717, 1.165) is 13.1 Å². The Balaban J connectivity index is 2.34. The van der Waals surface area contributed by atoms with Crippen LogP contribution in [0.25, 0.3) is 0 Å². The van der Waals surface area contributed by atoms with Crippen molar-refractivity contribution >= 4 is 0 Å². The lowest BCUT2D eigenvalue weighted by atomic mass is 10.1. The third-order valence-corrected chi connectivity index (χ3v) is 1.45. The van der Waals surface area contributed by atoms with Crippen LogP contribution in [0.4, 0.5) is 0 Å². The molecule has 0 aliphatic carbocycles. The van der Waals surface area contributed by atoms with Gasteiger partial charge in [0, 0.05) is 12.5 Å². The molecule has 0 aromatic heterocycles. The molecule has 1 unspecified atom stereocenters. The molecular weight excluding hydrogens is 110 g/mol. The Morgan fingerprint density at radius 1 is 1.67 bits per heavy atom. The molecule has 1 saturated heterocycles. The highest BCUT2D eigenvalue weighted by molar-refractivity contribution is 5.15. The Bertz CT molecular complexity index is 144. The zero-order valence-corrected chi connectivity index (χ0v) is 5.48. The molecule has 0 aromatic carbocycles. The fraction of sp³-hybridized carbons (Fsp3) is 0.500. The van der Waals surface area contributed by atoms with Crippen LogP contribution in [-0.4, -0.2) is 13.1 Å². The lowest BCUT2D eigenvalue weighted by Gasteiger charge is -1.91.